The zero-order valence-corrected chi connectivity index (χ0v) is 12.0. The van der Waals surface area contributed by atoms with Crippen LogP contribution in [0.2, 0.25) is 0 Å². The summed E-state index contributed by atoms with van der Waals surface area (Å²) in [5.74, 6) is -2.46. The van der Waals surface area contributed by atoms with Crippen LogP contribution in [0.25, 0.3) is 0 Å². The van der Waals surface area contributed by atoms with Crippen LogP contribution in [0.1, 0.15) is 41.0 Å². The third-order valence-corrected chi connectivity index (χ3v) is 1.72. The van der Waals surface area contributed by atoms with Crippen molar-refractivity contribution in [1.29, 1.82) is 0 Å². The number of aliphatic carboxylic acids is 2. The number of hydrogen-bond donors (Lipinski definition) is 2. The van der Waals surface area contributed by atoms with Crippen molar-refractivity contribution < 1.29 is 29.3 Å². The molecule has 0 radical (unpaired) electrons. The van der Waals surface area contributed by atoms with E-state index in [2.05, 4.69) is 6.58 Å². The molecule has 0 aromatic heterocycles. The van der Waals surface area contributed by atoms with Gasteiger partial charge in [-0.05, 0) is 34.6 Å². The van der Waals surface area contributed by atoms with Gasteiger partial charge in [-0.1, -0.05) is 6.58 Å². The maximum absolute atomic E-state index is 11.5. The van der Waals surface area contributed by atoms with Crippen LogP contribution in [0.15, 0.2) is 12.7 Å². The molecule has 0 heterocycles. The minimum Gasteiger partial charge on any atom is -0.481 e. The molecule has 0 aliphatic carbocycles. The highest BCUT2D eigenvalue weighted by molar-refractivity contribution is 5.82. The second-order valence-corrected chi connectivity index (χ2v) is 5.50. The van der Waals surface area contributed by atoms with E-state index in [1.807, 2.05) is 0 Å². The standard InChI is InChI=1S/C10H18O4.C3H4O2/c1-9(2,3)14-8(13)10(4,5)6-7(11)12;1-2-3(4)5/h6H2,1-5H3,(H,11,12);2H,1H2,(H,4,5). The predicted octanol–water partition coefficient (Wildman–Crippen LogP) is 2.09. The summed E-state index contributed by atoms with van der Waals surface area (Å²) in [6.07, 6.45) is 0.613. The van der Waals surface area contributed by atoms with Gasteiger partial charge in [0.05, 0.1) is 11.8 Å². The predicted molar refractivity (Wildman–Crippen MR) is 69.7 cm³/mol. The molecule has 0 saturated carbocycles. The Morgan fingerprint density at radius 3 is 1.68 bits per heavy atom. The van der Waals surface area contributed by atoms with Crippen molar-refractivity contribution in [3.8, 4) is 0 Å². The van der Waals surface area contributed by atoms with Crippen LogP contribution >= 0.6 is 0 Å². The van der Waals surface area contributed by atoms with E-state index in [4.69, 9.17) is 14.9 Å². The van der Waals surface area contributed by atoms with Gasteiger partial charge in [-0.15, -0.1) is 0 Å². The Morgan fingerprint density at radius 1 is 1.11 bits per heavy atom. The lowest BCUT2D eigenvalue weighted by molar-refractivity contribution is -0.169. The zero-order chi connectivity index (χ0) is 15.9. The highest BCUT2D eigenvalue weighted by Gasteiger charge is 2.34. The first-order valence-corrected chi connectivity index (χ1v) is 5.62. The summed E-state index contributed by atoms with van der Waals surface area (Å²) >= 11 is 0. The Labute approximate surface area is 113 Å². The number of carbonyl (C=O) groups excluding carboxylic acids is 1. The van der Waals surface area contributed by atoms with Crippen molar-refractivity contribution in [1.82, 2.24) is 0 Å². The zero-order valence-electron chi connectivity index (χ0n) is 12.0. The molecule has 0 bridgehead atoms. The fraction of sp³-hybridized carbons (Fsp3) is 0.615. The fourth-order valence-electron chi connectivity index (χ4n) is 0.866. The SMILES string of the molecule is C=CC(=O)O.CC(C)(C)OC(=O)C(C)(C)CC(=O)O. The van der Waals surface area contributed by atoms with Crippen LogP contribution in [0.4, 0.5) is 0 Å². The van der Waals surface area contributed by atoms with Gasteiger partial charge in [0.1, 0.15) is 5.60 Å². The summed E-state index contributed by atoms with van der Waals surface area (Å²) in [5.41, 5.74) is -1.55. The second kappa shape index (κ2) is 7.56. The molecule has 0 aromatic carbocycles. The first-order chi connectivity index (χ1) is 8.31. The van der Waals surface area contributed by atoms with Crippen molar-refractivity contribution >= 4 is 17.9 Å². The molecular weight excluding hydrogens is 252 g/mol. The van der Waals surface area contributed by atoms with Gasteiger partial charge in [0, 0.05) is 6.08 Å². The molecule has 0 amide bonds. The molecule has 0 aliphatic heterocycles. The van der Waals surface area contributed by atoms with Crippen molar-refractivity contribution in [2.24, 2.45) is 5.41 Å². The molecule has 6 heteroatoms. The first kappa shape index (κ1) is 19.5. The van der Waals surface area contributed by atoms with Gasteiger partial charge >= 0.3 is 17.9 Å². The van der Waals surface area contributed by atoms with Gasteiger partial charge in [0.15, 0.2) is 0 Å². The van der Waals surface area contributed by atoms with E-state index >= 15 is 0 Å². The highest BCUT2D eigenvalue weighted by Crippen LogP contribution is 2.25. The average molecular weight is 274 g/mol. The Morgan fingerprint density at radius 2 is 1.47 bits per heavy atom. The van der Waals surface area contributed by atoms with E-state index in [9.17, 15) is 14.4 Å². The quantitative estimate of drug-likeness (QED) is 0.601. The lowest BCUT2D eigenvalue weighted by Gasteiger charge is -2.27. The molecule has 0 unspecified atom stereocenters. The van der Waals surface area contributed by atoms with Crippen LogP contribution in [-0.4, -0.2) is 33.7 Å². The first-order valence-electron chi connectivity index (χ1n) is 5.62. The Hall–Kier alpha value is -1.85. The van der Waals surface area contributed by atoms with E-state index in [-0.39, 0.29) is 6.42 Å². The van der Waals surface area contributed by atoms with Gasteiger partial charge in [-0.2, -0.15) is 0 Å². The molecule has 0 aliphatic rings. The van der Waals surface area contributed by atoms with E-state index in [0.717, 1.165) is 6.08 Å². The van der Waals surface area contributed by atoms with Crippen molar-refractivity contribution in [3.63, 3.8) is 0 Å². The summed E-state index contributed by atoms with van der Waals surface area (Å²) in [4.78, 5) is 31.3. The summed E-state index contributed by atoms with van der Waals surface area (Å²) in [6, 6.07) is 0. The molecule has 0 fully saturated rings. The molecule has 19 heavy (non-hydrogen) atoms. The average Bonchev–Trinajstić information content (AvgIpc) is 2.13. The number of ether oxygens (including phenoxy) is 1. The molecule has 0 rings (SSSR count). The van der Waals surface area contributed by atoms with Gasteiger partial charge < -0.3 is 14.9 Å². The van der Waals surface area contributed by atoms with Crippen LogP contribution in [0, 0.1) is 5.41 Å². The number of carboxylic acids is 2. The topological polar surface area (TPSA) is 101 Å². The van der Waals surface area contributed by atoms with Gasteiger partial charge in [0.25, 0.3) is 0 Å². The highest BCUT2D eigenvalue weighted by atomic mass is 16.6. The van der Waals surface area contributed by atoms with Crippen molar-refractivity contribution in [3.05, 3.63) is 12.7 Å². The summed E-state index contributed by atoms with van der Waals surface area (Å²) < 4.78 is 5.10. The number of carbonyl (C=O) groups is 3. The van der Waals surface area contributed by atoms with Crippen molar-refractivity contribution in [2.75, 3.05) is 0 Å². The molecule has 0 saturated heterocycles. The fourth-order valence-corrected chi connectivity index (χ4v) is 0.866. The van der Waals surface area contributed by atoms with E-state index in [1.165, 1.54) is 0 Å². The van der Waals surface area contributed by atoms with E-state index in [1.54, 1.807) is 34.6 Å². The van der Waals surface area contributed by atoms with Crippen LogP contribution < -0.4 is 0 Å². The monoisotopic (exact) mass is 274 g/mol. The third-order valence-electron chi connectivity index (χ3n) is 1.72. The van der Waals surface area contributed by atoms with E-state index < -0.39 is 28.9 Å². The largest absolute Gasteiger partial charge is 0.481 e. The maximum Gasteiger partial charge on any atom is 0.327 e. The molecule has 2 N–H and O–H groups in total. The number of rotatable bonds is 4. The Balaban J connectivity index is 0. The van der Waals surface area contributed by atoms with Crippen LogP contribution in [-0.2, 0) is 19.1 Å². The number of hydrogen-bond acceptors (Lipinski definition) is 4. The van der Waals surface area contributed by atoms with Gasteiger partial charge in [-0.25, -0.2) is 4.79 Å². The minimum absolute atomic E-state index is 0.220. The molecule has 0 atom stereocenters. The normalized spacial score (nSPS) is 10.8. The smallest absolute Gasteiger partial charge is 0.327 e. The molecule has 6 nitrogen and oxygen atoms in total. The van der Waals surface area contributed by atoms with Gasteiger partial charge in [-0.3, -0.25) is 9.59 Å². The Kier molecular flexibility index (Phi) is 7.75. The third kappa shape index (κ3) is 12.4. The van der Waals surface area contributed by atoms with Crippen molar-refractivity contribution in [2.45, 2.75) is 46.6 Å². The lowest BCUT2D eigenvalue weighted by atomic mass is 9.89. The van der Waals surface area contributed by atoms with E-state index in [0.29, 0.717) is 0 Å². The molecule has 0 spiro atoms. The number of carboxylic acid groups (broad SMARTS) is 2. The number of esters is 1. The Bertz CT molecular complexity index is 349. The van der Waals surface area contributed by atoms with Crippen LogP contribution in [0.3, 0.4) is 0 Å². The lowest BCUT2D eigenvalue weighted by Crippen LogP contribution is -2.35. The van der Waals surface area contributed by atoms with Gasteiger partial charge in [0.2, 0.25) is 0 Å². The summed E-state index contributed by atoms with van der Waals surface area (Å²) in [7, 11) is 0. The molecule has 110 valence electrons. The maximum atomic E-state index is 11.5. The van der Waals surface area contributed by atoms with Crippen LogP contribution in [0.5, 0.6) is 0 Å². The molecule has 0 aromatic rings. The minimum atomic E-state index is -0.999. The summed E-state index contributed by atoms with van der Waals surface area (Å²) in [6.45, 7) is 11.3. The summed E-state index contributed by atoms with van der Waals surface area (Å²) in [5, 5.41) is 16.2. The molecular formula is C13H22O6. The second-order valence-electron chi connectivity index (χ2n) is 5.50.